The fourth-order valence-electron chi connectivity index (χ4n) is 1.84. The number of aromatic nitrogens is 2. The van der Waals surface area contributed by atoms with Crippen molar-refractivity contribution in [3.63, 3.8) is 0 Å². The molecule has 2 heterocycles. The highest BCUT2D eigenvalue weighted by Crippen LogP contribution is 2.27. The Bertz CT molecular complexity index is 510. The van der Waals surface area contributed by atoms with Gasteiger partial charge in [-0.1, -0.05) is 5.10 Å². The van der Waals surface area contributed by atoms with Gasteiger partial charge < -0.3 is 15.5 Å². The average molecular weight is 260 g/mol. The molecule has 0 aliphatic carbocycles. The lowest BCUT2D eigenvalue weighted by Crippen LogP contribution is -2.36. The zero-order valence-corrected chi connectivity index (χ0v) is 10.6. The summed E-state index contributed by atoms with van der Waals surface area (Å²) in [5.41, 5.74) is 5.05. The summed E-state index contributed by atoms with van der Waals surface area (Å²) in [5, 5.41) is 10.5. The maximum atomic E-state index is 11.4. The summed E-state index contributed by atoms with van der Waals surface area (Å²) < 4.78 is 28.1. The molecule has 2 unspecified atom stereocenters. The van der Waals surface area contributed by atoms with E-state index in [-0.39, 0.29) is 23.6 Å². The van der Waals surface area contributed by atoms with Gasteiger partial charge in [0, 0.05) is 0 Å². The summed E-state index contributed by atoms with van der Waals surface area (Å²) in [6.07, 6.45) is 0.533. The van der Waals surface area contributed by atoms with Crippen molar-refractivity contribution in [3.8, 4) is 0 Å². The van der Waals surface area contributed by atoms with Gasteiger partial charge in [0.25, 0.3) is 0 Å². The number of hydrogen-bond donors (Lipinski definition) is 2. The third-order valence-electron chi connectivity index (χ3n) is 2.74. The molecule has 1 aromatic heterocycles. The smallest absolute Gasteiger partial charge is 0.315 e. The molecule has 17 heavy (non-hydrogen) atoms. The van der Waals surface area contributed by atoms with Crippen LogP contribution in [-0.2, 0) is 9.84 Å². The molecule has 0 bridgehead atoms. The number of anilines is 1. The van der Waals surface area contributed by atoms with Crippen molar-refractivity contribution in [2.75, 3.05) is 16.8 Å². The summed E-state index contributed by atoms with van der Waals surface area (Å²) in [6.45, 7) is 3.56. The maximum Gasteiger partial charge on any atom is 0.315 e. The third kappa shape index (κ3) is 2.75. The largest absolute Gasteiger partial charge is 0.406 e. The molecule has 1 fully saturated rings. The van der Waals surface area contributed by atoms with Gasteiger partial charge in [-0.2, -0.15) is 0 Å². The Labute approximate surface area is 99.7 Å². The van der Waals surface area contributed by atoms with Crippen LogP contribution in [0.5, 0.6) is 0 Å². The Morgan fingerprint density at radius 3 is 2.71 bits per heavy atom. The SMILES string of the molecule is CC(N)c1nnc(NC2(C)CCS(=O)(=O)C2)o1. The lowest BCUT2D eigenvalue weighted by atomic mass is 10.0. The molecule has 2 rings (SSSR count). The van der Waals surface area contributed by atoms with Gasteiger partial charge in [0.2, 0.25) is 5.89 Å². The van der Waals surface area contributed by atoms with E-state index in [2.05, 4.69) is 15.5 Å². The van der Waals surface area contributed by atoms with Crippen molar-refractivity contribution in [2.24, 2.45) is 5.73 Å². The van der Waals surface area contributed by atoms with Gasteiger partial charge in [-0.15, -0.1) is 5.10 Å². The third-order valence-corrected chi connectivity index (χ3v) is 4.65. The van der Waals surface area contributed by atoms with Crippen LogP contribution < -0.4 is 11.1 Å². The van der Waals surface area contributed by atoms with Crippen LogP contribution in [0.15, 0.2) is 4.42 Å². The van der Waals surface area contributed by atoms with E-state index in [1.165, 1.54) is 0 Å². The molecule has 0 saturated carbocycles. The van der Waals surface area contributed by atoms with E-state index in [9.17, 15) is 8.42 Å². The number of nitrogens with zero attached hydrogens (tertiary/aromatic N) is 2. The lowest BCUT2D eigenvalue weighted by molar-refractivity contribution is 0.455. The van der Waals surface area contributed by atoms with Gasteiger partial charge in [0.05, 0.1) is 23.1 Å². The van der Waals surface area contributed by atoms with Crippen molar-refractivity contribution >= 4 is 15.9 Å². The maximum absolute atomic E-state index is 11.4. The van der Waals surface area contributed by atoms with Crippen LogP contribution in [0.25, 0.3) is 0 Å². The predicted octanol–water partition coefficient (Wildman–Crippen LogP) is 0.0784. The molecule has 1 aliphatic heterocycles. The van der Waals surface area contributed by atoms with Crippen LogP contribution in [0, 0.1) is 0 Å². The quantitative estimate of drug-likeness (QED) is 0.791. The fraction of sp³-hybridized carbons (Fsp3) is 0.778. The molecule has 2 atom stereocenters. The van der Waals surface area contributed by atoms with Gasteiger partial charge >= 0.3 is 6.01 Å². The van der Waals surface area contributed by atoms with Crippen LogP contribution in [0.3, 0.4) is 0 Å². The van der Waals surface area contributed by atoms with Gasteiger partial charge in [-0.05, 0) is 20.3 Å². The first-order chi connectivity index (χ1) is 7.80. The molecule has 3 N–H and O–H groups in total. The zero-order chi connectivity index (χ0) is 12.7. The van der Waals surface area contributed by atoms with E-state index in [4.69, 9.17) is 10.2 Å². The van der Waals surface area contributed by atoms with E-state index in [0.717, 1.165) is 0 Å². The summed E-state index contributed by atoms with van der Waals surface area (Å²) in [6, 6.07) is -0.116. The lowest BCUT2D eigenvalue weighted by Gasteiger charge is -2.21. The molecular weight excluding hydrogens is 244 g/mol. The number of nitrogens with one attached hydrogen (secondary N) is 1. The predicted molar refractivity (Wildman–Crippen MR) is 62.2 cm³/mol. The highest BCUT2D eigenvalue weighted by atomic mass is 32.2. The summed E-state index contributed by atoms with van der Waals surface area (Å²) in [5.74, 6) is 0.595. The second kappa shape index (κ2) is 3.95. The van der Waals surface area contributed by atoms with E-state index >= 15 is 0 Å². The minimum absolute atomic E-state index is 0.0793. The fourth-order valence-corrected chi connectivity index (χ4v) is 3.93. The Morgan fingerprint density at radius 2 is 2.24 bits per heavy atom. The number of sulfone groups is 1. The van der Waals surface area contributed by atoms with E-state index < -0.39 is 15.4 Å². The van der Waals surface area contributed by atoms with Crippen molar-refractivity contribution in [1.82, 2.24) is 10.2 Å². The minimum atomic E-state index is -2.96. The first-order valence-electron chi connectivity index (χ1n) is 5.37. The second-order valence-corrected chi connectivity index (χ2v) is 6.95. The van der Waals surface area contributed by atoms with E-state index in [1.807, 2.05) is 6.92 Å². The molecule has 96 valence electrons. The Balaban J connectivity index is 2.10. The first-order valence-corrected chi connectivity index (χ1v) is 7.19. The topological polar surface area (TPSA) is 111 Å². The molecule has 0 spiro atoms. The standard InChI is InChI=1S/C9H16N4O3S/c1-6(10)7-12-13-8(16-7)11-9(2)3-4-17(14,15)5-9/h6H,3-5,10H2,1-2H3,(H,11,13). The first kappa shape index (κ1) is 12.3. The summed E-state index contributed by atoms with van der Waals surface area (Å²) in [7, 11) is -2.96. The number of nitrogens with two attached hydrogens (primary N) is 1. The molecular formula is C9H16N4O3S. The van der Waals surface area contributed by atoms with Crippen LogP contribution in [0.2, 0.25) is 0 Å². The van der Waals surface area contributed by atoms with Crippen LogP contribution in [-0.4, -0.2) is 35.7 Å². The normalized spacial score (nSPS) is 29.1. The Morgan fingerprint density at radius 1 is 1.53 bits per heavy atom. The zero-order valence-electron chi connectivity index (χ0n) is 9.80. The minimum Gasteiger partial charge on any atom is -0.406 e. The number of rotatable bonds is 3. The van der Waals surface area contributed by atoms with E-state index in [0.29, 0.717) is 12.3 Å². The Kier molecular flexibility index (Phi) is 2.86. The van der Waals surface area contributed by atoms with Crippen LogP contribution in [0.4, 0.5) is 6.01 Å². The molecule has 0 amide bonds. The van der Waals surface area contributed by atoms with Crippen molar-refractivity contribution in [3.05, 3.63) is 5.89 Å². The van der Waals surface area contributed by atoms with Gasteiger partial charge in [0.15, 0.2) is 9.84 Å². The van der Waals surface area contributed by atoms with Crippen LogP contribution in [0.1, 0.15) is 32.2 Å². The summed E-state index contributed by atoms with van der Waals surface area (Å²) in [4.78, 5) is 0. The van der Waals surface area contributed by atoms with Crippen molar-refractivity contribution < 1.29 is 12.8 Å². The van der Waals surface area contributed by atoms with Crippen LogP contribution >= 0.6 is 0 Å². The second-order valence-electron chi connectivity index (χ2n) is 4.76. The molecule has 7 nitrogen and oxygen atoms in total. The molecule has 1 aliphatic rings. The highest BCUT2D eigenvalue weighted by molar-refractivity contribution is 7.91. The van der Waals surface area contributed by atoms with Crippen molar-refractivity contribution in [1.29, 1.82) is 0 Å². The van der Waals surface area contributed by atoms with Gasteiger partial charge in [-0.25, -0.2) is 8.42 Å². The van der Waals surface area contributed by atoms with Gasteiger partial charge in [-0.3, -0.25) is 0 Å². The molecule has 1 saturated heterocycles. The molecule has 1 aromatic rings. The van der Waals surface area contributed by atoms with Gasteiger partial charge in [0.1, 0.15) is 0 Å². The number of hydrogen-bond acceptors (Lipinski definition) is 7. The highest BCUT2D eigenvalue weighted by Gasteiger charge is 2.39. The van der Waals surface area contributed by atoms with Crippen molar-refractivity contribution in [2.45, 2.75) is 31.8 Å². The van der Waals surface area contributed by atoms with E-state index in [1.54, 1.807) is 6.92 Å². The summed E-state index contributed by atoms with van der Waals surface area (Å²) >= 11 is 0. The Hall–Kier alpha value is -1.15. The molecule has 0 aromatic carbocycles. The average Bonchev–Trinajstić information content (AvgIpc) is 2.72. The molecule has 8 heteroatoms. The monoisotopic (exact) mass is 260 g/mol. The molecule has 0 radical (unpaired) electrons.